The monoisotopic (exact) mass is 314 g/mol. The number of likely N-dealkylation sites (tertiary alicyclic amines) is 1. The van der Waals surface area contributed by atoms with Gasteiger partial charge in [-0.2, -0.15) is 0 Å². The zero-order valence-electron chi connectivity index (χ0n) is 10.8. The molecule has 0 saturated carbocycles. The molecule has 1 aliphatic rings. The van der Waals surface area contributed by atoms with E-state index in [4.69, 9.17) is 0 Å². The second-order valence-electron chi connectivity index (χ2n) is 4.67. The van der Waals surface area contributed by atoms with Crippen LogP contribution in [-0.2, 0) is 0 Å². The van der Waals surface area contributed by atoms with Crippen LogP contribution in [0.3, 0.4) is 0 Å². The van der Waals surface area contributed by atoms with Crippen molar-refractivity contribution in [1.29, 1.82) is 0 Å². The molecule has 1 aromatic rings. The fraction of sp³-hybridized carbons (Fsp3) is 0.667. The van der Waals surface area contributed by atoms with E-state index in [-0.39, 0.29) is 5.56 Å². The molecule has 1 aromatic heterocycles. The van der Waals surface area contributed by atoms with E-state index < -0.39 is 0 Å². The van der Waals surface area contributed by atoms with Crippen molar-refractivity contribution in [1.82, 2.24) is 14.9 Å². The fourth-order valence-electron chi connectivity index (χ4n) is 2.56. The minimum atomic E-state index is -0.134. The zero-order chi connectivity index (χ0) is 13.1. The molecule has 1 fully saturated rings. The molecular weight excluding hydrogens is 296 g/mol. The number of likely N-dealkylation sites (N-methyl/N-ethyl adjacent to an activating group) is 2. The summed E-state index contributed by atoms with van der Waals surface area (Å²) in [5.74, 6) is 0.710. The van der Waals surface area contributed by atoms with Crippen molar-refractivity contribution in [3.8, 4) is 0 Å². The minimum Gasteiger partial charge on any atom is -0.357 e. The van der Waals surface area contributed by atoms with Crippen molar-refractivity contribution in [3.05, 3.63) is 21.2 Å². The Morgan fingerprint density at radius 1 is 1.67 bits per heavy atom. The lowest BCUT2D eigenvalue weighted by Gasteiger charge is -2.28. The summed E-state index contributed by atoms with van der Waals surface area (Å²) in [6, 6.07) is 0.563. The molecule has 1 aliphatic heterocycles. The molecule has 2 rings (SSSR count). The Labute approximate surface area is 115 Å². The average molecular weight is 315 g/mol. The molecule has 1 N–H and O–H groups in total. The van der Waals surface area contributed by atoms with Crippen molar-refractivity contribution in [2.24, 2.45) is 0 Å². The maximum Gasteiger partial charge on any atom is 0.267 e. The summed E-state index contributed by atoms with van der Waals surface area (Å²) in [5.41, 5.74) is -0.134. The normalized spacial score (nSPS) is 20.3. The van der Waals surface area contributed by atoms with Gasteiger partial charge in [0.25, 0.3) is 5.56 Å². The molecule has 0 aromatic carbocycles. The molecular formula is C12H19BrN4O. The quantitative estimate of drug-likeness (QED) is 0.914. The van der Waals surface area contributed by atoms with E-state index in [1.807, 2.05) is 7.05 Å². The number of nitrogens with zero attached hydrogens (tertiary/aromatic N) is 3. The largest absolute Gasteiger partial charge is 0.357 e. The molecule has 5 nitrogen and oxygen atoms in total. The molecule has 0 bridgehead atoms. The van der Waals surface area contributed by atoms with Crippen molar-refractivity contribution < 1.29 is 0 Å². The first-order valence-electron chi connectivity index (χ1n) is 6.31. The van der Waals surface area contributed by atoms with Gasteiger partial charge in [0.2, 0.25) is 0 Å². The fourth-order valence-corrected chi connectivity index (χ4v) is 3.08. The summed E-state index contributed by atoms with van der Waals surface area (Å²) >= 11 is 3.30. The van der Waals surface area contributed by atoms with Gasteiger partial charge < -0.3 is 9.88 Å². The van der Waals surface area contributed by atoms with Gasteiger partial charge in [0, 0.05) is 19.6 Å². The Hall–Kier alpha value is -0.880. The predicted octanol–water partition coefficient (Wildman–Crippen LogP) is 1.45. The SMILES string of the molecule is CCN1CCCC1CN(C)c1nc[nH]c(=O)c1Br. The van der Waals surface area contributed by atoms with Gasteiger partial charge in [-0.25, -0.2) is 4.98 Å². The van der Waals surface area contributed by atoms with Crippen LogP contribution in [0.15, 0.2) is 15.6 Å². The van der Waals surface area contributed by atoms with Crippen LogP contribution in [0.5, 0.6) is 0 Å². The van der Waals surface area contributed by atoms with E-state index >= 15 is 0 Å². The molecule has 100 valence electrons. The van der Waals surface area contributed by atoms with Gasteiger partial charge in [0.15, 0.2) is 0 Å². The Morgan fingerprint density at radius 2 is 2.44 bits per heavy atom. The van der Waals surface area contributed by atoms with Gasteiger partial charge in [-0.05, 0) is 41.9 Å². The highest BCUT2D eigenvalue weighted by atomic mass is 79.9. The summed E-state index contributed by atoms with van der Waals surface area (Å²) in [6.07, 6.45) is 3.93. The minimum absolute atomic E-state index is 0.134. The first kappa shape index (κ1) is 13.5. The van der Waals surface area contributed by atoms with Crippen molar-refractivity contribution >= 4 is 21.7 Å². The van der Waals surface area contributed by atoms with E-state index in [1.165, 1.54) is 25.7 Å². The maximum atomic E-state index is 11.5. The highest BCUT2D eigenvalue weighted by Crippen LogP contribution is 2.22. The van der Waals surface area contributed by atoms with E-state index in [0.29, 0.717) is 16.3 Å². The van der Waals surface area contributed by atoms with Crippen molar-refractivity contribution in [2.75, 3.05) is 31.6 Å². The predicted molar refractivity (Wildman–Crippen MR) is 76.1 cm³/mol. The zero-order valence-corrected chi connectivity index (χ0v) is 12.4. The highest BCUT2D eigenvalue weighted by molar-refractivity contribution is 9.10. The number of aromatic amines is 1. The van der Waals surface area contributed by atoms with E-state index in [0.717, 1.165) is 13.1 Å². The van der Waals surface area contributed by atoms with Crippen LogP contribution < -0.4 is 10.5 Å². The first-order chi connectivity index (χ1) is 8.63. The van der Waals surface area contributed by atoms with Gasteiger partial charge >= 0.3 is 0 Å². The third kappa shape index (κ3) is 2.75. The summed E-state index contributed by atoms with van der Waals surface area (Å²) in [7, 11) is 1.98. The number of halogens is 1. The summed E-state index contributed by atoms with van der Waals surface area (Å²) in [5, 5.41) is 0. The lowest BCUT2D eigenvalue weighted by atomic mass is 10.2. The second-order valence-corrected chi connectivity index (χ2v) is 5.47. The first-order valence-corrected chi connectivity index (χ1v) is 7.11. The molecule has 1 atom stereocenters. The summed E-state index contributed by atoms with van der Waals surface area (Å²) in [4.78, 5) is 22.9. The van der Waals surface area contributed by atoms with Crippen molar-refractivity contribution in [3.63, 3.8) is 0 Å². The Bertz CT molecular complexity index is 462. The highest BCUT2D eigenvalue weighted by Gasteiger charge is 2.25. The van der Waals surface area contributed by atoms with Gasteiger partial charge in [0.05, 0.1) is 6.33 Å². The Morgan fingerprint density at radius 3 is 3.17 bits per heavy atom. The van der Waals surface area contributed by atoms with Crippen LogP contribution in [0, 0.1) is 0 Å². The molecule has 18 heavy (non-hydrogen) atoms. The lowest BCUT2D eigenvalue weighted by molar-refractivity contribution is 0.270. The number of aromatic nitrogens is 2. The van der Waals surface area contributed by atoms with Crippen molar-refractivity contribution in [2.45, 2.75) is 25.8 Å². The third-order valence-corrected chi connectivity index (χ3v) is 4.24. The lowest BCUT2D eigenvalue weighted by Crippen LogP contribution is -2.39. The van der Waals surface area contributed by atoms with E-state index in [9.17, 15) is 4.79 Å². The van der Waals surface area contributed by atoms with Crippen LogP contribution >= 0.6 is 15.9 Å². The van der Waals surface area contributed by atoms with Crippen LogP contribution in [0.2, 0.25) is 0 Å². The number of anilines is 1. The van der Waals surface area contributed by atoms with Gasteiger partial charge in [-0.1, -0.05) is 6.92 Å². The molecule has 0 amide bonds. The molecule has 2 heterocycles. The average Bonchev–Trinajstić information content (AvgIpc) is 2.79. The number of rotatable bonds is 4. The molecule has 1 saturated heterocycles. The Balaban J connectivity index is 2.10. The number of hydrogen-bond acceptors (Lipinski definition) is 4. The molecule has 1 unspecified atom stereocenters. The number of H-pyrrole nitrogens is 1. The Kier molecular flexibility index (Phi) is 4.40. The third-order valence-electron chi connectivity index (χ3n) is 3.53. The van der Waals surface area contributed by atoms with Crippen LogP contribution in [0.4, 0.5) is 5.82 Å². The molecule has 0 radical (unpaired) electrons. The smallest absolute Gasteiger partial charge is 0.267 e. The second kappa shape index (κ2) is 5.84. The number of nitrogens with one attached hydrogen (secondary N) is 1. The molecule has 0 spiro atoms. The summed E-state index contributed by atoms with van der Waals surface area (Å²) in [6.45, 7) is 5.37. The summed E-state index contributed by atoms with van der Waals surface area (Å²) < 4.78 is 0.508. The molecule has 0 aliphatic carbocycles. The van der Waals surface area contributed by atoms with Gasteiger partial charge in [-0.3, -0.25) is 9.69 Å². The van der Waals surface area contributed by atoms with Crippen LogP contribution in [0.1, 0.15) is 19.8 Å². The standard InChI is InChI=1S/C12H19BrN4O/c1-3-17-6-4-5-9(17)7-16(2)11-10(13)12(18)15-8-14-11/h8-9H,3-7H2,1-2H3,(H,14,15,18). The van der Waals surface area contributed by atoms with Gasteiger partial charge in [-0.15, -0.1) is 0 Å². The number of hydrogen-bond donors (Lipinski definition) is 1. The van der Waals surface area contributed by atoms with E-state index in [2.05, 4.69) is 42.6 Å². The van der Waals surface area contributed by atoms with E-state index in [1.54, 1.807) is 0 Å². The van der Waals surface area contributed by atoms with Gasteiger partial charge in [0.1, 0.15) is 10.3 Å². The van der Waals surface area contributed by atoms with Crippen LogP contribution in [-0.4, -0.2) is 47.6 Å². The topological polar surface area (TPSA) is 52.2 Å². The maximum absolute atomic E-state index is 11.5. The van der Waals surface area contributed by atoms with Crippen LogP contribution in [0.25, 0.3) is 0 Å². The molecule has 6 heteroatoms.